The number of hydrogen-bond donors (Lipinski definition) is 2. The highest BCUT2D eigenvalue weighted by Gasteiger charge is 2.22. The molecule has 3 aromatic rings. The Labute approximate surface area is 175 Å². The van der Waals surface area contributed by atoms with Crippen LogP contribution in [0.25, 0.3) is 0 Å². The number of rotatable bonds is 6. The lowest BCUT2D eigenvalue weighted by Gasteiger charge is -2.16. The quantitative estimate of drug-likeness (QED) is 0.566. The average Bonchev–Trinajstić information content (AvgIpc) is 3.43. The number of anilines is 3. The maximum Gasteiger partial charge on any atom is 0.256 e. The van der Waals surface area contributed by atoms with E-state index in [1.165, 1.54) is 17.4 Å². The Balaban J connectivity index is 1.57. The lowest BCUT2D eigenvalue weighted by atomic mass is 10.2. The molecule has 2 N–H and O–H groups in total. The Kier molecular flexibility index (Phi) is 6.01. The summed E-state index contributed by atoms with van der Waals surface area (Å²) in [5, 5.41) is 7.98. The molecular formula is C21H19F3N4OS. The van der Waals surface area contributed by atoms with E-state index in [0.717, 1.165) is 31.6 Å². The van der Waals surface area contributed by atoms with Crippen LogP contribution >= 0.6 is 11.3 Å². The summed E-state index contributed by atoms with van der Waals surface area (Å²) in [6, 6.07) is 7.20. The largest absolute Gasteiger partial charge is 0.335 e. The van der Waals surface area contributed by atoms with Crippen LogP contribution in [0.5, 0.6) is 0 Å². The van der Waals surface area contributed by atoms with Gasteiger partial charge in [-0.2, -0.15) is 11.3 Å². The summed E-state index contributed by atoms with van der Waals surface area (Å²) in [6.07, 6.45) is 2.29. The van der Waals surface area contributed by atoms with E-state index in [4.69, 9.17) is 0 Å². The molecule has 9 heteroatoms. The molecule has 1 fully saturated rings. The summed E-state index contributed by atoms with van der Waals surface area (Å²) < 4.78 is 43.4. The minimum atomic E-state index is -1.23. The molecule has 1 saturated heterocycles. The predicted octanol–water partition coefficient (Wildman–Crippen LogP) is 5.15. The van der Waals surface area contributed by atoms with Gasteiger partial charge in [0.25, 0.3) is 5.91 Å². The fraction of sp³-hybridized carbons (Fsp3) is 0.238. The molecule has 0 bridgehead atoms. The van der Waals surface area contributed by atoms with Gasteiger partial charge in [-0.25, -0.2) is 18.2 Å². The van der Waals surface area contributed by atoms with Gasteiger partial charge in [-0.1, -0.05) is 6.07 Å². The van der Waals surface area contributed by atoms with Gasteiger partial charge in [0.05, 0.1) is 11.3 Å². The Bertz CT molecular complexity index is 1050. The molecule has 0 atom stereocenters. The summed E-state index contributed by atoms with van der Waals surface area (Å²) in [5.74, 6) is -4.01. The third-order valence-electron chi connectivity index (χ3n) is 4.84. The molecular weight excluding hydrogens is 413 g/mol. The first kappa shape index (κ1) is 20.4. The number of halogens is 3. The van der Waals surface area contributed by atoms with Crippen molar-refractivity contribution in [3.8, 4) is 0 Å². The van der Waals surface area contributed by atoms with Crippen LogP contribution in [0.3, 0.4) is 0 Å². The molecule has 0 spiro atoms. The monoisotopic (exact) mass is 432 g/mol. The van der Waals surface area contributed by atoms with Crippen LogP contribution in [-0.4, -0.2) is 28.9 Å². The van der Waals surface area contributed by atoms with Crippen LogP contribution in [0, 0.1) is 17.5 Å². The fourth-order valence-electron chi connectivity index (χ4n) is 3.33. The highest BCUT2D eigenvalue weighted by atomic mass is 32.1. The Morgan fingerprint density at radius 2 is 1.87 bits per heavy atom. The highest BCUT2D eigenvalue weighted by Crippen LogP contribution is 2.31. The molecule has 5 nitrogen and oxygen atoms in total. The molecule has 30 heavy (non-hydrogen) atoms. The van der Waals surface area contributed by atoms with E-state index in [0.29, 0.717) is 12.6 Å². The Hall–Kier alpha value is -2.91. The minimum absolute atomic E-state index is 0.228. The number of benzene rings is 1. The van der Waals surface area contributed by atoms with Crippen molar-refractivity contribution in [1.29, 1.82) is 0 Å². The van der Waals surface area contributed by atoms with Gasteiger partial charge in [-0.15, -0.1) is 0 Å². The van der Waals surface area contributed by atoms with Crippen molar-refractivity contribution in [2.45, 2.75) is 19.4 Å². The highest BCUT2D eigenvalue weighted by molar-refractivity contribution is 7.08. The molecule has 4 rings (SSSR count). The molecule has 1 aliphatic heterocycles. The zero-order chi connectivity index (χ0) is 21.1. The second-order valence-corrected chi connectivity index (χ2v) is 7.77. The standard InChI is InChI=1S/C21H19F3N4OS/c22-15-10-16(23)20(27-21(29)13-6-9-30-12-13)18(24)19(15)26-17-5-3-4-14(25-17)11-28-7-1-2-8-28/h3-6,9-10,12H,1-2,7-8,11H2,(H,25,26)(H,27,29). The first-order valence-corrected chi connectivity index (χ1v) is 10.4. The first-order valence-electron chi connectivity index (χ1n) is 9.47. The van der Waals surface area contributed by atoms with Gasteiger partial charge in [0, 0.05) is 18.0 Å². The minimum Gasteiger partial charge on any atom is -0.335 e. The average molecular weight is 432 g/mol. The van der Waals surface area contributed by atoms with E-state index in [1.54, 1.807) is 22.9 Å². The molecule has 1 aromatic carbocycles. The van der Waals surface area contributed by atoms with Gasteiger partial charge in [0.15, 0.2) is 17.5 Å². The normalized spacial score (nSPS) is 14.1. The maximum absolute atomic E-state index is 14.9. The molecule has 0 unspecified atom stereocenters. The lowest BCUT2D eigenvalue weighted by molar-refractivity contribution is 0.102. The van der Waals surface area contributed by atoms with Crippen LogP contribution < -0.4 is 10.6 Å². The van der Waals surface area contributed by atoms with Crippen LogP contribution in [0.1, 0.15) is 28.9 Å². The number of carbonyl (C=O) groups excluding carboxylic acids is 1. The van der Waals surface area contributed by atoms with Gasteiger partial charge in [-0.05, 0) is 49.5 Å². The lowest BCUT2D eigenvalue weighted by Crippen LogP contribution is -2.19. The van der Waals surface area contributed by atoms with Gasteiger partial charge in [0.2, 0.25) is 0 Å². The second kappa shape index (κ2) is 8.85. The number of likely N-dealkylation sites (tertiary alicyclic amines) is 1. The summed E-state index contributed by atoms with van der Waals surface area (Å²) in [6.45, 7) is 2.63. The molecule has 3 heterocycles. The van der Waals surface area contributed by atoms with Gasteiger partial charge < -0.3 is 10.6 Å². The molecule has 0 radical (unpaired) electrons. The third-order valence-corrected chi connectivity index (χ3v) is 5.52. The van der Waals surface area contributed by atoms with E-state index >= 15 is 0 Å². The molecule has 2 aromatic heterocycles. The topological polar surface area (TPSA) is 57.3 Å². The van der Waals surface area contributed by atoms with E-state index in [-0.39, 0.29) is 11.4 Å². The Morgan fingerprint density at radius 3 is 2.60 bits per heavy atom. The van der Waals surface area contributed by atoms with Gasteiger partial charge in [0.1, 0.15) is 17.2 Å². The van der Waals surface area contributed by atoms with Crippen molar-refractivity contribution in [2.24, 2.45) is 0 Å². The summed E-state index contributed by atoms with van der Waals surface area (Å²) in [4.78, 5) is 18.8. The van der Waals surface area contributed by atoms with Crippen molar-refractivity contribution in [3.63, 3.8) is 0 Å². The van der Waals surface area contributed by atoms with Gasteiger partial charge in [-0.3, -0.25) is 9.69 Å². The van der Waals surface area contributed by atoms with Crippen molar-refractivity contribution in [1.82, 2.24) is 9.88 Å². The number of nitrogens with one attached hydrogen (secondary N) is 2. The van der Waals surface area contributed by atoms with Crippen molar-refractivity contribution in [2.75, 3.05) is 23.7 Å². The first-order chi connectivity index (χ1) is 14.5. The number of carbonyl (C=O) groups is 1. The number of amides is 1. The van der Waals surface area contributed by atoms with E-state index in [9.17, 15) is 18.0 Å². The predicted molar refractivity (Wildman–Crippen MR) is 111 cm³/mol. The SMILES string of the molecule is O=C(Nc1c(F)cc(F)c(Nc2cccc(CN3CCCC3)n2)c1F)c1ccsc1. The zero-order valence-electron chi connectivity index (χ0n) is 15.9. The van der Waals surface area contributed by atoms with Crippen molar-refractivity contribution < 1.29 is 18.0 Å². The third kappa shape index (κ3) is 4.47. The van der Waals surface area contributed by atoms with Gasteiger partial charge >= 0.3 is 0 Å². The Morgan fingerprint density at radius 1 is 1.10 bits per heavy atom. The molecule has 0 saturated carbocycles. The molecule has 1 aliphatic rings. The van der Waals surface area contributed by atoms with Crippen LogP contribution in [0.15, 0.2) is 41.1 Å². The number of nitrogens with zero attached hydrogens (tertiary/aromatic N) is 2. The van der Waals surface area contributed by atoms with Crippen molar-refractivity contribution >= 4 is 34.4 Å². The number of aromatic nitrogens is 1. The van der Waals surface area contributed by atoms with E-state index < -0.39 is 34.7 Å². The number of pyridine rings is 1. The molecule has 156 valence electrons. The summed E-state index contributed by atoms with van der Waals surface area (Å²) in [7, 11) is 0. The van der Waals surface area contributed by atoms with Crippen molar-refractivity contribution in [3.05, 3.63) is 69.8 Å². The molecule has 0 aliphatic carbocycles. The number of hydrogen-bond acceptors (Lipinski definition) is 5. The maximum atomic E-state index is 14.9. The van der Waals surface area contributed by atoms with Crippen LogP contribution in [0.4, 0.5) is 30.4 Å². The van der Waals surface area contributed by atoms with Crippen LogP contribution in [-0.2, 0) is 6.54 Å². The van der Waals surface area contributed by atoms with E-state index in [1.807, 2.05) is 6.07 Å². The smallest absolute Gasteiger partial charge is 0.256 e. The number of thiophene rings is 1. The zero-order valence-corrected chi connectivity index (χ0v) is 16.7. The van der Waals surface area contributed by atoms with Crippen LogP contribution in [0.2, 0.25) is 0 Å². The molecule has 1 amide bonds. The fourth-order valence-corrected chi connectivity index (χ4v) is 3.97. The van der Waals surface area contributed by atoms with E-state index in [2.05, 4.69) is 20.5 Å². The summed E-state index contributed by atoms with van der Waals surface area (Å²) in [5.41, 5.74) is -0.282. The second-order valence-electron chi connectivity index (χ2n) is 6.99. The summed E-state index contributed by atoms with van der Waals surface area (Å²) >= 11 is 1.27.